The zero-order valence-electron chi connectivity index (χ0n) is 7.64. The standard InChI is InChI=1S/C9H15Cl2NO/c10-3-5-12(6-4-11)9(13)7-8-1-2-8/h8H,1-7H2. The Morgan fingerprint density at radius 2 is 1.77 bits per heavy atom. The first-order valence-electron chi connectivity index (χ1n) is 4.67. The van der Waals surface area contributed by atoms with Crippen LogP contribution in [0.25, 0.3) is 0 Å². The second kappa shape index (κ2) is 5.71. The number of carbonyl (C=O) groups is 1. The van der Waals surface area contributed by atoms with Gasteiger partial charge in [0, 0.05) is 31.3 Å². The van der Waals surface area contributed by atoms with Crippen LogP contribution in [0.3, 0.4) is 0 Å². The van der Waals surface area contributed by atoms with Crippen LogP contribution >= 0.6 is 23.2 Å². The molecular weight excluding hydrogens is 209 g/mol. The van der Waals surface area contributed by atoms with Gasteiger partial charge in [-0.2, -0.15) is 0 Å². The monoisotopic (exact) mass is 223 g/mol. The zero-order chi connectivity index (χ0) is 9.68. The molecular formula is C9H15Cl2NO. The average Bonchev–Trinajstić information content (AvgIpc) is 2.88. The lowest BCUT2D eigenvalue weighted by Gasteiger charge is -2.20. The Labute approximate surface area is 89.2 Å². The largest absolute Gasteiger partial charge is 0.340 e. The first-order valence-corrected chi connectivity index (χ1v) is 5.74. The van der Waals surface area contributed by atoms with E-state index >= 15 is 0 Å². The molecule has 0 spiro atoms. The molecule has 0 saturated heterocycles. The van der Waals surface area contributed by atoms with Crippen LogP contribution in [0.5, 0.6) is 0 Å². The van der Waals surface area contributed by atoms with Gasteiger partial charge in [-0.05, 0) is 18.8 Å². The number of alkyl halides is 2. The van der Waals surface area contributed by atoms with Gasteiger partial charge in [-0.25, -0.2) is 0 Å². The topological polar surface area (TPSA) is 20.3 Å². The van der Waals surface area contributed by atoms with Gasteiger partial charge in [-0.15, -0.1) is 23.2 Å². The van der Waals surface area contributed by atoms with E-state index in [4.69, 9.17) is 23.2 Å². The van der Waals surface area contributed by atoms with E-state index in [-0.39, 0.29) is 5.91 Å². The predicted octanol–water partition coefficient (Wildman–Crippen LogP) is 2.09. The summed E-state index contributed by atoms with van der Waals surface area (Å²) >= 11 is 11.2. The number of nitrogens with zero attached hydrogens (tertiary/aromatic N) is 1. The van der Waals surface area contributed by atoms with Gasteiger partial charge >= 0.3 is 0 Å². The van der Waals surface area contributed by atoms with Gasteiger partial charge in [0.25, 0.3) is 0 Å². The van der Waals surface area contributed by atoms with E-state index in [1.54, 1.807) is 4.90 Å². The number of hydrogen-bond acceptors (Lipinski definition) is 1. The molecule has 0 atom stereocenters. The van der Waals surface area contributed by atoms with Gasteiger partial charge in [0.1, 0.15) is 0 Å². The molecule has 76 valence electrons. The summed E-state index contributed by atoms with van der Waals surface area (Å²) in [6.45, 7) is 1.25. The molecule has 0 bridgehead atoms. The Morgan fingerprint density at radius 3 is 2.15 bits per heavy atom. The van der Waals surface area contributed by atoms with Crippen molar-refractivity contribution in [2.24, 2.45) is 5.92 Å². The zero-order valence-corrected chi connectivity index (χ0v) is 9.15. The second-order valence-corrected chi connectivity index (χ2v) is 4.16. The van der Waals surface area contributed by atoms with Gasteiger partial charge in [0.05, 0.1) is 0 Å². The third-order valence-corrected chi connectivity index (χ3v) is 2.56. The lowest BCUT2D eigenvalue weighted by atomic mass is 10.2. The lowest BCUT2D eigenvalue weighted by molar-refractivity contribution is -0.131. The Balaban J connectivity index is 2.27. The maximum Gasteiger partial charge on any atom is 0.222 e. The van der Waals surface area contributed by atoms with Gasteiger partial charge in [0.2, 0.25) is 5.91 Å². The molecule has 1 rings (SSSR count). The quantitative estimate of drug-likeness (QED) is 0.632. The van der Waals surface area contributed by atoms with Gasteiger partial charge in [-0.3, -0.25) is 4.79 Å². The van der Waals surface area contributed by atoms with Gasteiger partial charge in [-0.1, -0.05) is 0 Å². The minimum atomic E-state index is 0.212. The normalized spacial score (nSPS) is 15.8. The Hall–Kier alpha value is 0.0500. The van der Waals surface area contributed by atoms with Crippen molar-refractivity contribution in [2.45, 2.75) is 19.3 Å². The summed E-state index contributed by atoms with van der Waals surface area (Å²) in [4.78, 5) is 13.3. The van der Waals surface area contributed by atoms with Crippen molar-refractivity contribution < 1.29 is 4.79 Å². The number of carbonyl (C=O) groups excluding carboxylic acids is 1. The summed E-state index contributed by atoms with van der Waals surface area (Å²) in [6.07, 6.45) is 3.11. The summed E-state index contributed by atoms with van der Waals surface area (Å²) in [7, 11) is 0. The Morgan fingerprint density at radius 1 is 1.23 bits per heavy atom. The van der Waals surface area contributed by atoms with Gasteiger partial charge < -0.3 is 4.90 Å². The number of rotatable bonds is 6. The fourth-order valence-corrected chi connectivity index (χ4v) is 1.67. The van der Waals surface area contributed by atoms with E-state index in [1.165, 1.54) is 12.8 Å². The molecule has 0 heterocycles. The smallest absolute Gasteiger partial charge is 0.222 e. The molecule has 0 aliphatic heterocycles. The maximum absolute atomic E-state index is 11.6. The van der Waals surface area contributed by atoms with Crippen molar-refractivity contribution in [3.8, 4) is 0 Å². The summed E-state index contributed by atoms with van der Waals surface area (Å²) in [6, 6.07) is 0. The van der Waals surface area contributed by atoms with Crippen LogP contribution in [-0.2, 0) is 4.79 Å². The van der Waals surface area contributed by atoms with E-state index < -0.39 is 0 Å². The molecule has 1 fully saturated rings. The molecule has 1 saturated carbocycles. The third kappa shape index (κ3) is 4.19. The molecule has 0 aromatic rings. The molecule has 2 nitrogen and oxygen atoms in total. The van der Waals surface area contributed by atoms with Gasteiger partial charge in [0.15, 0.2) is 0 Å². The number of hydrogen-bond donors (Lipinski definition) is 0. The second-order valence-electron chi connectivity index (χ2n) is 3.41. The van der Waals surface area contributed by atoms with E-state index in [2.05, 4.69) is 0 Å². The molecule has 1 aliphatic carbocycles. The minimum absolute atomic E-state index is 0.212. The first-order chi connectivity index (χ1) is 6.27. The molecule has 4 heteroatoms. The minimum Gasteiger partial charge on any atom is -0.340 e. The van der Waals surface area contributed by atoms with Crippen molar-refractivity contribution in [2.75, 3.05) is 24.8 Å². The molecule has 1 amide bonds. The van der Waals surface area contributed by atoms with Crippen molar-refractivity contribution >= 4 is 29.1 Å². The van der Waals surface area contributed by atoms with Crippen LogP contribution in [0, 0.1) is 5.92 Å². The van der Waals surface area contributed by atoms with Crippen molar-refractivity contribution in [3.63, 3.8) is 0 Å². The van der Waals surface area contributed by atoms with E-state index in [9.17, 15) is 4.79 Å². The van der Waals surface area contributed by atoms with Crippen LogP contribution < -0.4 is 0 Å². The molecule has 0 aromatic carbocycles. The Bertz CT molecular complexity index is 165. The summed E-state index contributed by atoms with van der Waals surface area (Å²) in [5.41, 5.74) is 0. The number of halogens is 2. The average molecular weight is 224 g/mol. The fourth-order valence-electron chi connectivity index (χ4n) is 1.26. The van der Waals surface area contributed by atoms with E-state index in [1.807, 2.05) is 0 Å². The SMILES string of the molecule is O=C(CC1CC1)N(CCCl)CCCl. The van der Waals surface area contributed by atoms with Crippen molar-refractivity contribution in [3.05, 3.63) is 0 Å². The Kier molecular flexibility index (Phi) is 4.89. The predicted molar refractivity (Wildman–Crippen MR) is 55.4 cm³/mol. The maximum atomic E-state index is 11.6. The molecule has 0 unspecified atom stereocenters. The molecule has 13 heavy (non-hydrogen) atoms. The van der Waals surface area contributed by atoms with Crippen molar-refractivity contribution in [1.82, 2.24) is 4.90 Å². The molecule has 0 aromatic heterocycles. The highest BCUT2D eigenvalue weighted by Gasteiger charge is 2.26. The van der Waals surface area contributed by atoms with Crippen molar-refractivity contribution in [1.29, 1.82) is 0 Å². The highest BCUT2D eigenvalue weighted by Crippen LogP contribution is 2.32. The molecule has 1 aliphatic rings. The summed E-state index contributed by atoms with van der Waals surface area (Å²) < 4.78 is 0. The molecule has 0 N–H and O–H groups in total. The van der Waals surface area contributed by atoms with E-state index in [0.29, 0.717) is 37.2 Å². The van der Waals surface area contributed by atoms with Crippen LogP contribution in [0.4, 0.5) is 0 Å². The van der Waals surface area contributed by atoms with Crippen LogP contribution in [-0.4, -0.2) is 35.7 Å². The highest BCUT2D eigenvalue weighted by molar-refractivity contribution is 6.18. The fraction of sp³-hybridized carbons (Fsp3) is 0.889. The number of amides is 1. The summed E-state index contributed by atoms with van der Waals surface area (Å²) in [5.74, 6) is 1.84. The third-order valence-electron chi connectivity index (χ3n) is 2.22. The van der Waals surface area contributed by atoms with Crippen LogP contribution in [0.1, 0.15) is 19.3 Å². The van der Waals surface area contributed by atoms with E-state index in [0.717, 1.165) is 0 Å². The highest BCUT2D eigenvalue weighted by atomic mass is 35.5. The summed E-state index contributed by atoms with van der Waals surface area (Å²) in [5, 5.41) is 0. The molecule has 0 radical (unpaired) electrons. The van der Waals surface area contributed by atoms with Crippen LogP contribution in [0.15, 0.2) is 0 Å². The first kappa shape index (κ1) is 11.1. The van der Waals surface area contributed by atoms with Crippen LogP contribution in [0.2, 0.25) is 0 Å². The lowest BCUT2D eigenvalue weighted by Crippen LogP contribution is -2.34.